The first-order valence-corrected chi connectivity index (χ1v) is 7.15. The Labute approximate surface area is 110 Å². The lowest BCUT2D eigenvalue weighted by molar-refractivity contribution is -0.124. The van der Waals surface area contributed by atoms with Gasteiger partial charge in [-0.2, -0.15) is 0 Å². The predicted octanol–water partition coefficient (Wildman–Crippen LogP) is 1.59. The third kappa shape index (κ3) is 3.04. The second-order valence-electron chi connectivity index (χ2n) is 6.33. The number of carbonyl (C=O) groups excluding carboxylic acids is 1. The van der Waals surface area contributed by atoms with Crippen LogP contribution in [-0.2, 0) is 9.53 Å². The first-order valence-electron chi connectivity index (χ1n) is 7.15. The van der Waals surface area contributed by atoms with Crippen LogP contribution in [0, 0.1) is 0 Å². The molecule has 2 fully saturated rings. The highest BCUT2D eigenvalue weighted by Gasteiger charge is 2.41. The molecule has 4 unspecified atom stereocenters. The third-order valence-corrected chi connectivity index (χ3v) is 4.31. The number of carbonyl (C=O) groups is 1. The van der Waals surface area contributed by atoms with Crippen LogP contribution in [0.4, 0.5) is 0 Å². The molecule has 0 aromatic carbocycles. The molecule has 2 rings (SSSR count). The second kappa shape index (κ2) is 5.17. The van der Waals surface area contributed by atoms with Crippen LogP contribution in [-0.4, -0.2) is 35.7 Å². The van der Waals surface area contributed by atoms with Gasteiger partial charge in [-0.1, -0.05) is 6.92 Å². The van der Waals surface area contributed by atoms with Gasteiger partial charge in [-0.15, -0.1) is 0 Å². The summed E-state index contributed by atoms with van der Waals surface area (Å²) in [6.07, 6.45) is 5.06. The van der Waals surface area contributed by atoms with Gasteiger partial charge in [0.2, 0.25) is 5.91 Å². The van der Waals surface area contributed by atoms with E-state index in [0.717, 1.165) is 19.3 Å². The number of rotatable bonds is 5. The van der Waals surface area contributed by atoms with Gasteiger partial charge >= 0.3 is 0 Å². The van der Waals surface area contributed by atoms with E-state index in [1.54, 1.807) is 0 Å². The van der Waals surface area contributed by atoms with Gasteiger partial charge in [0.05, 0.1) is 18.2 Å². The summed E-state index contributed by atoms with van der Waals surface area (Å²) >= 11 is 0. The van der Waals surface area contributed by atoms with Gasteiger partial charge in [0.1, 0.15) is 0 Å². The Bertz CT molecular complexity index is 317. The zero-order valence-corrected chi connectivity index (χ0v) is 12.0. The summed E-state index contributed by atoms with van der Waals surface area (Å²) in [7, 11) is 0. The molecule has 0 radical (unpaired) electrons. The number of hydrogen-bond acceptors (Lipinski definition) is 3. The fourth-order valence-corrected chi connectivity index (χ4v) is 2.74. The zero-order chi connectivity index (χ0) is 13.3. The van der Waals surface area contributed by atoms with Gasteiger partial charge in [0.25, 0.3) is 0 Å². The molecular weight excluding hydrogens is 228 g/mol. The minimum Gasteiger partial charge on any atom is -0.373 e. The van der Waals surface area contributed by atoms with E-state index in [-0.39, 0.29) is 17.5 Å². The minimum atomic E-state index is -0.149. The maximum atomic E-state index is 12.1. The summed E-state index contributed by atoms with van der Waals surface area (Å²) in [6, 6.07) is 0.206. The molecule has 4 heteroatoms. The topological polar surface area (TPSA) is 50.4 Å². The maximum Gasteiger partial charge on any atom is 0.237 e. The van der Waals surface area contributed by atoms with E-state index in [1.165, 1.54) is 6.42 Å². The normalized spacial score (nSPS) is 32.6. The lowest BCUT2D eigenvalue weighted by Crippen LogP contribution is -2.54. The Hall–Kier alpha value is -0.610. The summed E-state index contributed by atoms with van der Waals surface area (Å²) in [6.45, 7) is 8.13. The van der Waals surface area contributed by atoms with Gasteiger partial charge in [0.15, 0.2) is 0 Å². The van der Waals surface area contributed by atoms with Crippen LogP contribution in [0.3, 0.4) is 0 Å². The second-order valence-corrected chi connectivity index (χ2v) is 6.33. The number of ether oxygens (including phenoxy) is 1. The Morgan fingerprint density at radius 1 is 1.44 bits per heavy atom. The average molecular weight is 254 g/mol. The molecule has 1 amide bonds. The molecule has 0 aromatic heterocycles. The minimum absolute atomic E-state index is 0.0876. The van der Waals surface area contributed by atoms with E-state index in [4.69, 9.17) is 4.74 Å². The fourth-order valence-electron chi connectivity index (χ4n) is 2.74. The molecule has 2 aliphatic heterocycles. The summed E-state index contributed by atoms with van der Waals surface area (Å²) in [5.41, 5.74) is -0.127. The van der Waals surface area contributed by atoms with Crippen molar-refractivity contribution in [3.8, 4) is 0 Å². The fraction of sp³-hybridized carbons (Fsp3) is 0.929. The molecule has 4 atom stereocenters. The van der Waals surface area contributed by atoms with E-state index in [1.807, 2.05) is 6.92 Å². The van der Waals surface area contributed by atoms with Crippen molar-refractivity contribution in [2.75, 3.05) is 0 Å². The van der Waals surface area contributed by atoms with Crippen LogP contribution in [0.2, 0.25) is 0 Å². The molecule has 0 spiro atoms. The highest BCUT2D eigenvalue weighted by molar-refractivity contribution is 5.82. The number of amides is 1. The monoisotopic (exact) mass is 254 g/mol. The smallest absolute Gasteiger partial charge is 0.237 e. The molecule has 2 saturated heterocycles. The van der Waals surface area contributed by atoms with Crippen LogP contribution >= 0.6 is 0 Å². The lowest BCUT2D eigenvalue weighted by Gasteiger charge is -2.29. The van der Waals surface area contributed by atoms with E-state index >= 15 is 0 Å². The van der Waals surface area contributed by atoms with Crippen molar-refractivity contribution in [3.05, 3.63) is 0 Å². The quantitative estimate of drug-likeness (QED) is 0.783. The zero-order valence-electron chi connectivity index (χ0n) is 12.0. The van der Waals surface area contributed by atoms with E-state index in [2.05, 4.69) is 31.4 Å². The molecule has 2 N–H and O–H groups in total. The van der Waals surface area contributed by atoms with E-state index in [0.29, 0.717) is 18.2 Å². The van der Waals surface area contributed by atoms with Crippen molar-refractivity contribution in [1.82, 2.24) is 10.6 Å². The summed E-state index contributed by atoms with van der Waals surface area (Å²) in [4.78, 5) is 12.1. The van der Waals surface area contributed by atoms with Gasteiger partial charge in [-0.05, 0) is 46.5 Å². The highest BCUT2D eigenvalue weighted by atomic mass is 16.5. The van der Waals surface area contributed by atoms with Crippen molar-refractivity contribution in [1.29, 1.82) is 0 Å². The number of hydrogen-bond donors (Lipinski definition) is 2. The van der Waals surface area contributed by atoms with Crippen LogP contribution < -0.4 is 10.6 Å². The van der Waals surface area contributed by atoms with Gasteiger partial charge < -0.3 is 15.4 Å². The third-order valence-electron chi connectivity index (χ3n) is 4.31. The number of nitrogens with one attached hydrogen (secondary N) is 2. The molecule has 0 aliphatic carbocycles. The molecule has 2 heterocycles. The Balaban J connectivity index is 1.81. The van der Waals surface area contributed by atoms with Crippen molar-refractivity contribution < 1.29 is 9.53 Å². The van der Waals surface area contributed by atoms with Crippen LogP contribution in [0.15, 0.2) is 0 Å². The largest absolute Gasteiger partial charge is 0.373 e. The van der Waals surface area contributed by atoms with Crippen LogP contribution in [0.25, 0.3) is 0 Å². The summed E-state index contributed by atoms with van der Waals surface area (Å²) < 4.78 is 5.79. The van der Waals surface area contributed by atoms with Crippen molar-refractivity contribution >= 4 is 5.91 Å². The number of fused-ring (bicyclic) bond motifs is 2. The average Bonchev–Trinajstić information content (AvgIpc) is 2.90. The first kappa shape index (κ1) is 13.8. The standard InChI is InChI=1S/C14H26N2O2/c1-5-14(3,4)16-13(17)9(2)15-11-8-10-6-7-12(11)18-10/h9-12,15H,5-8H2,1-4H3,(H,16,17). The van der Waals surface area contributed by atoms with Gasteiger partial charge in [0, 0.05) is 11.6 Å². The molecule has 2 aliphatic rings. The highest BCUT2D eigenvalue weighted by Crippen LogP contribution is 2.34. The first-order chi connectivity index (χ1) is 8.41. The van der Waals surface area contributed by atoms with Crippen molar-refractivity contribution in [2.45, 2.75) is 83.2 Å². The molecule has 104 valence electrons. The predicted molar refractivity (Wildman–Crippen MR) is 71.4 cm³/mol. The van der Waals surface area contributed by atoms with E-state index < -0.39 is 0 Å². The van der Waals surface area contributed by atoms with Gasteiger partial charge in [-0.3, -0.25) is 4.79 Å². The Kier molecular flexibility index (Phi) is 3.97. The molecule has 2 bridgehead atoms. The Morgan fingerprint density at radius 2 is 2.17 bits per heavy atom. The van der Waals surface area contributed by atoms with E-state index in [9.17, 15) is 4.79 Å². The Morgan fingerprint density at radius 3 is 2.67 bits per heavy atom. The van der Waals surface area contributed by atoms with Crippen LogP contribution in [0.5, 0.6) is 0 Å². The molecule has 18 heavy (non-hydrogen) atoms. The lowest BCUT2D eigenvalue weighted by atomic mass is 9.94. The SMILES string of the molecule is CCC(C)(C)NC(=O)C(C)NC1CC2CCC1O2. The van der Waals surface area contributed by atoms with Crippen LogP contribution in [0.1, 0.15) is 53.4 Å². The molecule has 0 saturated carbocycles. The van der Waals surface area contributed by atoms with Crippen molar-refractivity contribution in [2.24, 2.45) is 0 Å². The summed E-state index contributed by atoms with van der Waals surface area (Å²) in [5.74, 6) is 0.0876. The maximum absolute atomic E-state index is 12.1. The molecule has 4 nitrogen and oxygen atoms in total. The van der Waals surface area contributed by atoms with Crippen molar-refractivity contribution in [3.63, 3.8) is 0 Å². The molecular formula is C14H26N2O2. The summed E-state index contributed by atoms with van der Waals surface area (Å²) in [5, 5.41) is 6.50. The molecule has 0 aromatic rings. The van der Waals surface area contributed by atoms with Gasteiger partial charge in [-0.25, -0.2) is 0 Å².